The van der Waals surface area contributed by atoms with Crippen LogP contribution in [0.3, 0.4) is 0 Å². The van der Waals surface area contributed by atoms with E-state index < -0.39 is 17.7 Å². The van der Waals surface area contributed by atoms with Gasteiger partial charge in [-0.1, -0.05) is 60.3 Å². The molecule has 4 aromatic rings. The molecule has 5 rings (SSSR count). The number of nitrogens with zero attached hydrogens (tertiary/aromatic N) is 3. The van der Waals surface area contributed by atoms with Crippen LogP contribution in [0.2, 0.25) is 0 Å². The Morgan fingerprint density at radius 1 is 1.03 bits per heavy atom. The molecule has 9 heteroatoms. The molecular formula is C29H26F3N3O2S. The number of rotatable bonds is 7. The highest BCUT2D eigenvalue weighted by Gasteiger charge is 2.32. The standard InChI is InChI=1S/C29H26F3N3O2S/c1-34-26(27(36)37)16-33-28(34)38-18-19-7-9-21(10-8-19)23-5-2-4-20(14-23)17-35-13-3-6-22-11-12-24(15-25(22)35)29(30,31)32/h2,4-5,7-12,14-16H,3,6,13,17-18H2,1H3,(H,36,37). The van der Waals surface area contributed by atoms with Gasteiger partial charge in [-0.05, 0) is 58.9 Å². The summed E-state index contributed by atoms with van der Waals surface area (Å²) in [4.78, 5) is 17.4. The van der Waals surface area contributed by atoms with Crippen LogP contribution in [0.15, 0.2) is 78.1 Å². The number of aromatic carboxylic acids is 1. The molecule has 0 saturated heterocycles. The van der Waals surface area contributed by atoms with Gasteiger partial charge in [0.1, 0.15) is 5.69 Å². The normalized spacial score (nSPS) is 13.4. The van der Waals surface area contributed by atoms with Crippen molar-refractivity contribution in [2.24, 2.45) is 7.05 Å². The minimum atomic E-state index is -4.36. The average molecular weight is 538 g/mol. The summed E-state index contributed by atoms with van der Waals surface area (Å²) < 4.78 is 41.5. The molecular weight excluding hydrogens is 511 g/mol. The first-order valence-corrected chi connectivity index (χ1v) is 13.2. The minimum Gasteiger partial charge on any atom is -0.477 e. The molecule has 38 heavy (non-hydrogen) atoms. The summed E-state index contributed by atoms with van der Waals surface area (Å²) in [6.07, 6.45) is -1.30. The zero-order valence-corrected chi connectivity index (χ0v) is 21.5. The fraction of sp³-hybridized carbons (Fsp3) is 0.241. The summed E-state index contributed by atoms with van der Waals surface area (Å²) in [6, 6.07) is 20.3. The number of hydrogen-bond donors (Lipinski definition) is 1. The molecule has 0 saturated carbocycles. The number of aromatic nitrogens is 2. The number of carbonyl (C=O) groups is 1. The van der Waals surface area contributed by atoms with Crippen LogP contribution in [0.4, 0.5) is 18.9 Å². The molecule has 5 nitrogen and oxygen atoms in total. The number of halogens is 3. The summed E-state index contributed by atoms with van der Waals surface area (Å²) in [5.41, 5.74) is 5.37. The molecule has 0 atom stereocenters. The topological polar surface area (TPSA) is 58.4 Å². The number of imidazole rings is 1. The molecule has 196 valence electrons. The fourth-order valence-electron chi connectivity index (χ4n) is 4.73. The van der Waals surface area contributed by atoms with E-state index in [0.29, 0.717) is 23.1 Å². The molecule has 0 fully saturated rings. The molecule has 0 bridgehead atoms. The quantitative estimate of drug-likeness (QED) is 0.256. The van der Waals surface area contributed by atoms with Crippen molar-refractivity contribution in [1.29, 1.82) is 0 Å². The van der Waals surface area contributed by atoms with Gasteiger partial charge in [0, 0.05) is 31.6 Å². The number of carboxylic acid groups (broad SMARTS) is 1. The van der Waals surface area contributed by atoms with Crippen molar-refractivity contribution in [2.75, 3.05) is 11.4 Å². The number of benzene rings is 3. The van der Waals surface area contributed by atoms with Crippen molar-refractivity contribution in [2.45, 2.75) is 36.5 Å². The van der Waals surface area contributed by atoms with E-state index in [0.717, 1.165) is 47.2 Å². The monoisotopic (exact) mass is 537 g/mol. The molecule has 3 aromatic carbocycles. The summed E-state index contributed by atoms with van der Waals surface area (Å²) in [5.74, 6) is -0.354. The van der Waals surface area contributed by atoms with Crippen molar-refractivity contribution < 1.29 is 23.1 Å². The van der Waals surface area contributed by atoms with Crippen LogP contribution in [0.5, 0.6) is 0 Å². The van der Waals surface area contributed by atoms with Gasteiger partial charge in [-0.3, -0.25) is 0 Å². The van der Waals surface area contributed by atoms with E-state index in [1.807, 2.05) is 47.4 Å². The Labute approximate surface area is 222 Å². The van der Waals surface area contributed by atoms with E-state index in [1.165, 1.54) is 30.1 Å². The zero-order chi connectivity index (χ0) is 26.9. The molecule has 0 aliphatic carbocycles. The summed E-state index contributed by atoms with van der Waals surface area (Å²) in [6.45, 7) is 1.26. The highest BCUT2D eigenvalue weighted by Crippen LogP contribution is 2.36. The van der Waals surface area contributed by atoms with E-state index in [1.54, 1.807) is 17.7 Å². The van der Waals surface area contributed by atoms with Gasteiger partial charge in [-0.25, -0.2) is 9.78 Å². The Kier molecular flexibility index (Phi) is 7.21. The number of aryl methyl sites for hydroxylation is 1. The maximum absolute atomic E-state index is 13.3. The lowest BCUT2D eigenvalue weighted by Gasteiger charge is -2.32. The van der Waals surface area contributed by atoms with Crippen molar-refractivity contribution >= 4 is 23.4 Å². The maximum atomic E-state index is 13.3. The lowest BCUT2D eigenvalue weighted by atomic mass is 9.98. The van der Waals surface area contributed by atoms with Crippen LogP contribution >= 0.6 is 11.8 Å². The van der Waals surface area contributed by atoms with Crippen LogP contribution in [0.25, 0.3) is 11.1 Å². The Balaban J connectivity index is 1.28. The Hall–Kier alpha value is -3.72. The van der Waals surface area contributed by atoms with E-state index in [4.69, 9.17) is 0 Å². The van der Waals surface area contributed by atoms with Gasteiger partial charge in [-0.2, -0.15) is 13.2 Å². The maximum Gasteiger partial charge on any atom is 0.416 e. The summed E-state index contributed by atoms with van der Waals surface area (Å²) >= 11 is 1.47. The smallest absolute Gasteiger partial charge is 0.416 e. The van der Waals surface area contributed by atoms with E-state index in [9.17, 15) is 23.1 Å². The molecule has 0 spiro atoms. The van der Waals surface area contributed by atoms with E-state index >= 15 is 0 Å². The molecule has 0 amide bonds. The summed E-state index contributed by atoms with van der Waals surface area (Å²) in [5, 5.41) is 9.82. The SMILES string of the molecule is Cn1c(C(=O)O)cnc1SCc1ccc(-c2cccc(CN3CCCc4ccc(C(F)(F)F)cc43)c2)cc1. The largest absolute Gasteiger partial charge is 0.477 e. The fourth-order valence-corrected chi connectivity index (χ4v) is 5.63. The first-order chi connectivity index (χ1) is 18.2. The molecule has 1 N–H and O–H groups in total. The van der Waals surface area contributed by atoms with Crippen LogP contribution in [0, 0.1) is 0 Å². The van der Waals surface area contributed by atoms with Crippen molar-refractivity contribution in [3.05, 3.63) is 101 Å². The third-order valence-corrected chi connectivity index (χ3v) is 7.86. The van der Waals surface area contributed by atoms with Gasteiger partial charge in [0.25, 0.3) is 0 Å². The Bertz CT molecular complexity index is 1460. The van der Waals surface area contributed by atoms with Gasteiger partial charge >= 0.3 is 12.1 Å². The van der Waals surface area contributed by atoms with Crippen LogP contribution in [-0.2, 0) is 31.9 Å². The highest BCUT2D eigenvalue weighted by atomic mass is 32.2. The molecule has 2 heterocycles. The summed E-state index contributed by atoms with van der Waals surface area (Å²) in [7, 11) is 1.69. The highest BCUT2D eigenvalue weighted by molar-refractivity contribution is 7.98. The number of thioether (sulfide) groups is 1. The Morgan fingerprint density at radius 3 is 2.53 bits per heavy atom. The number of carboxylic acids is 1. The second kappa shape index (κ2) is 10.6. The lowest BCUT2D eigenvalue weighted by Crippen LogP contribution is -2.29. The molecule has 1 aromatic heterocycles. The lowest BCUT2D eigenvalue weighted by molar-refractivity contribution is -0.137. The van der Waals surface area contributed by atoms with Gasteiger partial charge in [0.15, 0.2) is 5.16 Å². The minimum absolute atomic E-state index is 0.150. The number of anilines is 1. The van der Waals surface area contributed by atoms with Crippen molar-refractivity contribution in [3.8, 4) is 11.1 Å². The first-order valence-electron chi connectivity index (χ1n) is 12.2. The third kappa shape index (κ3) is 5.57. The number of hydrogen-bond acceptors (Lipinski definition) is 4. The van der Waals surface area contributed by atoms with Crippen LogP contribution in [0.1, 0.15) is 39.2 Å². The predicted molar refractivity (Wildman–Crippen MR) is 142 cm³/mol. The third-order valence-electron chi connectivity index (χ3n) is 6.75. The second-order valence-corrected chi connectivity index (χ2v) is 10.3. The van der Waals surface area contributed by atoms with Crippen molar-refractivity contribution in [1.82, 2.24) is 9.55 Å². The Morgan fingerprint density at radius 2 is 1.82 bits per heavy atom. The van der Waals surface area contributed by atoms with E-state index in [2.05, 4.69) is 11.1 Å². The first kappa shape index (κ1) is 25.9. The molecule has 1 aliphatic rings. The van der Waals surface area contributed by atoms with Crippen LogP contribution in [-0.4, -0.2) is 27.2 Å². The molecule has 1 aliphatic heterocycles. The van der Waals surface area contributed by atoms with Gasteiger partial charge in [-0.15, -0.1) is 0 Å². The zero-order valence-electron chi connectivity index (χ0n) is 20.7. The van der Waals surface area contributed by atoms with Gasteiger partial charge in [0.05, 0.1) is 11.8 Å². The average Bonchev–Trinajstić information content (AvgIpc) is 3.28. The number of alkyl halides is 3. The van der Waals surface area contributed by atoms with E-state index in [-0.39, 0.29) is 5.69 Å². The van der Waals surface area contributed by atoms with Crippen molar-refractivity contribution in [3.63, 3.8) is 0 Å². The van der Waals surface area contributed by atoms with Gasteiger partial charge < -0.3 is 14.6 Å². The van der Waals surface area contributed by atoms with Crippen LogP contribution < -0.4 is 4.90 Å². The molecule has 0 unspecified atom stereocenters. The molecule has 0 radical (unpaired) electrons. The van der Waals surface area contributed by atoms with Gasteiger partial charge in [0.2, 0.25) is 0 Å². The second-order valence-electron chi connectivity index (χ2n) is 9.34. The number of fused-ring (bicyclic) bond motifs is 1. The predicted octanol–water partition coefficient (Wildman–Crippen LogP) is 7.05.